The van der Waals surface area contributed by atoms with E-state index >= 15 is 0 Å². The molecule has 15 nitrogen and oxygen atoms in total. The lowest BCUT2D eigenvalue weighted by molar-refractivity contribution is -0.148. The molecule has 0 saturated carbocycles. The van der Waals surface area contributed by atoms with Gasteiger partial charge >= 0.3 is 6.09 Å². The Morgan fingerprint density at radius 1 is 0.902 bits per heavy atom. The van der Waals surface area contributed by atoms with Crippen LogP contribution in [0.4, 0.5) is 4.79 Å². The maximum absolute atomic E-state index is 14.4. The number of likely N-dealkylation sites (N-methyl/N-ethyl adjacent to an activating group) is 2. The number of likely N-dealkylation sites (tertiary alicyclic amines) is 1. The number of nitrogens with one attached hydrogen (secondary N) is 3. The van der Waals surface area contributed by atoms with Gasteiger partial charge in [0.15, 0.2) is 8.32 Å². The molecule has 348 valence electrons. The second-order valence-corrected chi connectivity index (χ2v) is 22.6. The van der Waals surface area contributed by atoms with E-state index in [-0.39, 0.29) is 54.3 Å². The Morgan fingerprint density at radius 3 is 2.03 bits per heavy atom. The highest BCUT2D eigenvalue weighted by Crippen LogP contribution is 2.30. The molecule has 2 rings (SSSR count). The van der Waals surface area contributed by atoms with Gasteiger partial charge in [-0.25, -0.2) is 4.79 Å². The highest BCUT2D eigenvalue weighted by atomic mass is 28.4. The average molecular weight is 877 g/mol. The van der Waals surface area contributed by atoms with Gasteiger partial charge in [-0.05, 0) is 76.3 Å². The molecule has 1 aliphatic heterocycles. The molecule has 0 radical (unpaired) electrons. The standard InChI is InChI=1S/C45H80N6O9Si/c1-16-30(6)39(50(11)44(55)37(28(2)3)48-43(54)38(29(4)5)49(9)10)35(58-12)27-36(52)51-25-20-23-34(51)40(59-13)31(7)42(53)47-32(8)41(33-21-18-17-19-22-33)60-45(56)46-24-26-61(14,15)57/h17-19,21-22,28-32,34-35,37-41,57H,16,20,23-27H2,1-15H3,(H,46,56)(H,47,53)(H,48,54)/t30-,31+,32+,34-,35+,37-,38-,39-,40+,41+/m0/s1. The third kappa shape index (κ3) is 15.6. The first kappa shape index (κ1) is 53.6. The molecule has 0 aliphatic carbocycles. The van der Waals surface area contributed by atoms with E-state index < -0.39 is 68.8 Å². The van der Waals surface area contributed by atoms with Gasteiger partial charge in [-0.1, -0.05) is 85.2 Å². The number of ether oxygens (including phenoxy) is 3. The third-order valence-corrected chi connectivity index (χ3v) is 13.6. The fourth-order valence-corrected chi connectivity index (χ4v) is 9.31. The lowest BCUT2D eigenvalue weighted by atomic mass is 9.89. The van der Waals surface area contributed by atoms with Gasteiger partial charge in [-0.3, -0.25) is 24.1 Å². The molecule has 0 bridgehead atoms. The van der Waals surface area contributed by atoms with Gasteiger partial charge in [0.2, 0.25) is 23.6 Å². The van der Waals surface area contributed by atoms with Gasteiger partial charge in [-0.15, -0.1) is 0 Å². The summed E-state index contributed by atoms with van der Waals surface area (Å²) in [6, 6.07) is 6.96. The first-order chi connectivity index (χ1) is 28.5. The van der Waals surface area contributed by atoms with Crippen molar-refractivity contribution in [3.05, 3.63) is 35.9 Å². The van der Waals surface area contributed by atoms with Crippen molar-refractivity contribution in [1.82, 2.24) is 30.7 Å². The number of hydrogen-bond donors (Lipinski definition) is 4. The molecule has 61 heavy (non-hydrogen) atoms. The SMILES string of the molecule is CC[C@H](C)[C@@H]([C@@H](CC(=O)N1CCC[C@H]1[C@H](OC)[C@@H](C)C(=O)N[C@H](C)[C@@H](OC(=O)NCC[Si](C)(C)O)c1ccccc1)OC)N(C)C(=O)[C@@H](NC(=O)[C@H](C(C)C)N(C)C)C(C)C. The van der Waals surface area contributed by atoms with Crippen molar-refractivity contribution in [2.75, 3.05) is 48.5 Å². The molecule has 5 amide bonds. The van der Waals surface area contributed by atoms with Crippen LogP contribution < -0.4 is 16.0 Å². The zero-order valence-electron chi connectivity index (χ0n) is 39.8. The van der Waals surface area contributed by atoms with Gasteiger partial charge in [0.25, 0.3) is 0 Å². The molecule has 4 N–H and O–H groups in total. The molecule has 1 heterocycles. The van der Waals surface area contributed by atoms with E-state index in [1.54, 1.807) is 58.0 Å². The van der Waals surface area contributed by atoms with Crippen molar-refractivity contribution < 1.29 is 43.0 Å². The van der Waals surface area contributed by atoms with Crippen molar-refractivity contribution in [2.24, 2.45) is 23.7 Å². The maximum atomic E-state index is 14.4. The molecule has 1 aromatic rings. The molecular weight excluding hydrogens is 797 g/mol. The van der Waals surface area contributed by atoms with E-state index in [0.29, 0.717) is 24.6 Å². The van der Waals surface area contributed by atoms with Gasteiger partial charge in [0, 0.05) is 34.4 Å². The monoisotopic (exact) mass is 877 g/mol. The molecule has 10 atom stereocenters. The fourth-order valence-electron chi connectivity index (χ4n) is 8.57. The predicted molar refractivity (Wildman–Crippen MR) is 241 cm³/mol. The Kier molecular flexibility index (Phi) is 21.9. The van der Waals surface area contributed by atoms with E-state index in [1.807, 2.05) is 90.9 Å². The quantitative estimate of drug-likeness (QED) is 0.106. The fraction of sp³-hybridized carbons (Fsp3) is 0.756. The molecule has 1 aromatic carbocycles. The van der Waals surface area contributed by atoms with Crippen molar-refractivity contribution in [2.45, 2.75) is 149 Å². The summed E-state index contributed by atoms with van der Waals surface area (Å²) in [4.78, 5) is 84.5. The number of amides is 5. The van der Waals surface area contributed by atoms with Crippen LogP contribution in [-0.2, 0) is 33.4 Å². The topological polar surface area (TPSA) is 179 Å². The molecule has 1 saturated heterocycles. The van der Waals surface area contributed by atoms with Crippen LogP contribution >= 0.6 is 0 Å². The molecule has 1 fully saturated rings. The first-order valence-corrected chi connectivity index (χ1v) is 25.3. The van der Waals surface area contributed by atoms with Crippen molar-refractivity contribution in [3.8, 4) is 0 Å². The number of benzene rings is 1. The Labute approximate surface area is 367 Å². The van der Waals surface area contributed by atoms with Gasteiger partial charge in [0.1, 0.15) is 12.1 Å². The number of nitrogens with zero attached hydrogens (tertiary/aromatic N) is 3. The van der Waals surface area contributed by atoms with E-state index in [1.165, 1.54) is 0 Å². The second kappa shape index (κ2) is 24.9. The zero-order valence-corrected chi connectivity index (χ0v) is 40.8. The summed E-state index contributed by atoms with van der Waals surface area (Å²) >= 11 is 0. The van der Waals surface area contributed by atoms with E-state index in [4.69, 9.17) is 14.2 Å². The Morgan fingerprint density at radius 2 is 1.52 bits per heavy atom. The molecule has 0 aromatic heterocycles. The van der Waals surface area contributed by atoms with Crippen LogP contribution in [0.5, 0.6) is 0 Å². The van der Waals surface area contributed by atoms with Crippen LogP contribution in [0.1, 0.15) is 92.7 Å². The van der Waals surface area contributed by atoms with Gasteiger partial charge in [-0.2, -0.15) is 0 Å². The van der Waals surface area contributed by atoms with Crippen molar-refractivity contribution in [3.63, 3.8) is 0 Å². The first-order valence-electron chi connectivity index (χ1n) is 22.1. The molecule has 0 spiro atoms. The summed E-state index contributed by atoms with van der Waals surface area (Å²) in [5.74, 6) is -1.83. The average Bonchev–Trinajstić information content (AvgIpc) is 3.67. The minimum absolute atomic E-state index is 0.00141. The van der Waals surface area contributed by atoms with Gasteiger partial charge < -0.3 is 44.8 Å². The molecule has 0 unspecified atom stereocenters. The number of methoxy groups -OCH3 is 2. The number of rotatable bonds is 24. The zero-order chi connectivity index (χ0) is 46.4. The summed E-state index contributed by atoms with van der Waals surface area (Å²) in [5, 5.41) is 8.80. The minimum Gasteiger partial charge on any atom is -0.439 e. The predicted octanol–water partition coefficient (Wildman–Crippen LogP) is 4.80. The molecule has 16 heteroatoms. The second-order valence-electron chi connectivity index (χ2n) is 18.5. The lowest BCUT2D eigenvalue weighted by Gasteiger charge is -2.41. The van der Waals surface area contributed by atoms with Crippen molar-refractivity contribution >= 4 is 38.0 Å². The van der Waals surface area contributed by atoms with E-state index in [0.717, 1.165) is 12.8 Å². The Bertz CT molecular complexity index is 1540. The summed E-state index contributed by atoms with van der Waals surface area (Å²) in [6.07, 6.45) is -0.684. The van der Waals surface area contributed by atoms with Crippen LogP contribution in [0.25, 0.3) is 0 Å². The third-order valence-electron chi connectivity index (χ3n) is 12.1. The Hall–Kier alpha value is -3.57. The van der Waals surface area contributed by atoms with Crippen LogP contribution in [-0.4, -0.2) is 148 Å². The number of carbonyl (C=O) groups excluding carboxylic acids is 5. The molecular formula is C45H80N6O9Si. The number of carbonyl (C=O) groups is 5. The summed E-state index contributed by atoms with van der Waals surface area (Å²) < 4.78 is 17.9. The highest BCUT2D eigenvalue weighted by Gasteiger charge is 2.43. The van der Waals surface area contributed by atoms with Gasteiger partial charge in [0.05, 0.1) is 48.7 Å². The van der Waals surface area contributed by atoms with Crippen LogP contribution in [0.15, 0.2) is 30.3 Å². The summed E-state index contributed by atoms with van der Waals surface area (Å²) in [5.41, 5.74) is 0.704. The smallest absolute Gasteiger partial charge is 0.407 e. The normalized spacial score (nSPS) is 19.0. The highest BCUT2D eigenvalue weighted by molar-refractivity contribution is 6.69. The number of alkyl carbamates (subject to hydrolysis) is 1. The van der Waals surface area contributed by atoms with Crippen LogP contribution in [0, 0.1) is 23.7 Å². The summed E-state index contributed by atoms with van der Waals surface area (Å²) in [6.45, 7) is 19.7. The van der Waals surface area contributed by atoms with Crippen molar-refractivity contribution in [1.29, 1.82) is 0 Å². The minimum atomic E-state index is -2.37. The number of hydrogen-bond acceptors (Lipinski definition) is 10. The summed E-state index contributed by atoms with van der Waals surface area (Å²) in [7, 11) is 6.15. The molecule has 1 aliphatic rings. The van der Waals surface area contributed by atoms with E-state index in [9.17, 15) is 28.8 Å². The largest absolute Gasteiger partial charge is 0.439 e. The van der Waals surface area contributed by atoms with Crippen LogP contribution in [0.2, 0.25) is 19.1 Å². The van der Waals surface area contributed by atoms with E-state index in [2.05, 4.69) is 16.0 Å². The maximum Gasteiger partial charge on any atom is 0.407 e. The lowest BCUT2D eigenvalue weighted by Crippen LogP contribution is -2.59. The van der Waals surface area contributed by atoms with Crippen LogP contribution in [0.3, 0.4) is 0 Å². The Balaban J connectivity index is 2.28.